The molecule has 0 bridgehead atoms. The van der Waals surface area contributed by atoms with Crippen molar-refractivity contribution < 1.29 is 23.6 Å². The minimum atomic E-state index is -0.611. The highest BCUT2D eigenvalue weighted by Gasteiger charge is 2.36. The molecule has 0 saturated heterocycles. The van der Waals surface area contributed by atoms with Gasteiger partial charge in [0.1, 0.15) is 23.9 Å². The molecule has 1 fully saturated rings. The van der Waals surface area contributed by atoms with E-state index in [-0.39, 0.29) is 29.4 Å². The van der Waals surface area contributed by atoms with E-state index < -0.39 is 6.10 Å². The normalized spacial score (nSPS) is 22.8. The van der Waals surface area contributed by atoms with Gasteiger partial charge in [-0.05, 0) is 49.4 Å². The van der Waals surface area contributed by atoms with E-state index in [1.165, 1.54) is 24.5 Å². The van der Waals surface area contributed by atoms with Crippen molar-refractivity contribution in [2.45, 2.75) is 31.5 Å². The average Bonchev–Trinajstić information content (AvgIpc) is 3.25. The quantitative estimate of drug-likeness (QED) is 0.868. The number of rotatable bonds is 6. The van der Waals surface area contributed by atoms with E-state index in [2.05, 4.69) is 9.68 Å². The number of ether oxygens (including phenoxy) is 1. The lowest BCUT2D eigenvalue weighted by atomic mass is 10.0. The Kier molecular flexibility index (Phi) is 5.33. The minimum Gasteiger partial charge on any atom is -0.488 e. The van der Waals surface area contributed by atoms with Crippen LogP contribution >= 0.6 is 0 Å². The molecule has 1 aliphatic rings. The van der Waals surface area contributed by atoms with E-state index in [0.717, 1.165) is 12.8 Å². The molecule has 1 saturated carbocycles. The number of aliphatic hydroxyl groups is 1. The fraction of sp³-hybridized carbons (Fsp3) is 0.444. The molecule has 1 aliphatic carbocycles. The second kappa shape index (κ2) is 7.65. The highest BCUT2D eigenvalue weighted by Crippen LogP contribution is 2.32. The van der Waals surface area contributed by atoms with Gasteiger partial charge < -0.3 is 19.3 Å². The summed E-state index contributed by atoms with van der Waals surface area (Å²) in [5.41, 5.74) is 0.270. The van der Waals surface area contributed by atoms with Crippen LogP contribution in [-0.4, -0.2) is 46.9 Å². The Balaban J connectivity index is 1.49. The van der Waals surface area contributed by atoms with Crippen molar-refractivity contribution in [3.63, 3.8) is 0 Å². The van der Waals surface area contributed by atoms with Gasteiger partial charge in [0.05, 0.1) is 6.10 Å². The van der Waals surface area contributed by atoms with Crippen molar-refractivity contribution in [1.82, 2.24) is 10.1 Å². The highest BCUT2D eigenvalue weighted by molar-refractivity contribution is 5.91. The molecule has 0 radical (unpaired) electrons. The van der Waals surface area contributed by atoms with E-state index in [0.29, 0.717) is 18.7 Å². The van der Waals surface area contributed by atoms with Crippen LogP contribution in [0.5, 0.6) is 5.75 Å². The van der Waals surface area contributed by atoms with Crippen LogP contribution in [0.3, 0.4) is 0 Å². The third kappa shape index (κ3) is 4.17. The molecule has 3 rings (SSSR count). The topological polar surface area (TPSA) is 75.8 Å². The SMILES string of the molecule is CN(CC[C@H]1CC[C@@H](Oc2ccc(F)cc2)[C@@H]1O)C(=O)c1ccon1. The van der Waals surface area contributed by atoms with E-state index in [1.807, 2.05) is 0 Å². The fourth-order valence-electron chi connectivity index (χ4n) is 3.13. The number of hydrogen-bond acceptors (Lipinski definition) is 5. The Labute approximate surface area is 145 Å². The molecule has 1 aromatic carbocycles. The Hall–Kier alpha value is -2.41. The van der Waals surface area contributed by atoms with Crippen LogP contribution in [0, 0.1) is 11.7 Å². The predicted octanol–water partition coefficient (Wildman–Crippen LogP) is 2.49. The van der Waals surface area contributed by atoms with E-state index >= 15 is 0 Å². The van der Waals surface area contributed by atoms with Gasteiger partial charge in [0.2, 0.25) is 0 Å². The van der Waals surface area contributed by atoms with Crippen molar-refractivity contribution in [2.24, 2.45) is 5.92 Å². The average molecular weight is 348 g/mol. The molecule has 0 unspecified atom stereocenters. The molecule has 1 N–H and O–H groups in total. The van der Waals surface area contributed by atoms with Gasteiger partial charge in [-0.3, -0.25) is 4.79 Å². The van der Waals surface area contributed by atoms with Crippen LogP contribution in [0.25, 0.3) is 0 Å². The Morgan fingerprint density at radius 1 is 1.36 bits per heavy atom. The summed E-state index contributed by atoms with van der Waals surface area (Å²) in [6.07, 6.45) is 2.65. The van der Waals surface area contributed by atoms with Crippen molar-refractivity contribution in [1.29, 1.82) is 0 Å². The monoisotopic (exact) mass is 348 g/mol. The van der Waals surface area contributed by atoms with Crippen molar-refractivity contribution in [3.8, 4) is 5.75 Å². The lowest BCUT2D eigenvalue weighted by Crippen LogP contribution is -2.33. The summed E-state index contributed by atoms with van der Waals surface area (Å²) in [6.45, 7) is 0.511. The number of benzene rings is 1. The first-order valence-electron chi connectivity index (χ1n) is 8.30. The lowest BCUT2D eigenvalue weighted by Gasteiger charge is -2.23. The molecule has 6 nitrogen and oxygen atoms in total. The maximum atomic E-state index is 12.9. The zero-order valence-electron chi connectivity index (χ0n) is 14.0. The maximum absolute atomic E-state index is 12.9. The smallest absolute Gasteiger partial charge is 0.275 e. The van der Waals surface area contributed by atoms with Crippen LogP contribution in [0.1, 0.15) is 29.8 Å². The van der Waals surface area contributed by atoms with Gasteiger partial charge in [-0.2, -0.15) is 0 Å². The number of carbonyl (C=O) groups excluding carboxylic acids is 1. The molecule has 0 aliphatic heterocycles. The van der Waals surface area contributed by atoms with Crippen LogP contribution < -0.4 is 4.74 Å². The van der Waals surface area contributed by atoms with Gasteiger partial charge in [-0.1, -0.05) is 5.16 Å². The summed E-state index contributed by atoms with van der Waals surface area (Å²) in [5.74, 6) is 0.0693. The summed E-state index contributed by atoms with van der Waals surface area (Å²) in [4.78, 5) is 13.7. The Morgan fingerprint density at radius 3 is 2.80 bits per heavy atom. The maximum Gasteiger partial charge on any atom is 0.275 e. The van der Waals surface area contributed by atoms with Crippen LogP contribution in [-0.2, 0) is 0 Å². The number of aromatic nitrogens is 1. The number of nitrogens with zero attached hydrogens (tertiary/aromatic N) is 2. The second-order valence-corrected chi connectivity index (χ2v) is 6.34. The van der Waals surface area contributed by atoms with Gasteiger partial charge >= 0.3 is 0 Å². The summed E-state index contributed by atoms with van der Waals surface area (Å²) < 4.78 is 23.4. The van der Waals surface area contributed by atoms with Crippen LogP contribution in [0.4, 0.5) is 4.39 Å². The van der Waals surface area contributed by atoms with Crippen molar-refractivity contribution >= 4 is 5.91 Å². The fourth-order valence-corrected chi connectivity index (χ4v) is 3.13. The van der Waals surface area contributed by atoms with E-state index in [4.69, 9.17) is 4.74 Å². The molecular weight excluding hydrogens is 327 g/mol. The van der Waals surface area contributed by atoms with E-state index in [9.17, 15) is 14.3 Å². The molecule has 134 valence electrons. The van der Waals surface area contributed by atoms with Gasteiger partial charge in [0, 0.05) is 19.7 Å². The largest absolute Gasteiger partial charge is 0.488 e. The van der Waals surface area contributed by atoms with Crippen molar-refractivity contribution in [3.05, 3.63) is 48.1 Å². The predicted molar refractivity (Wildman–Crippen MR) is 87.6 cm³/mol. The summed E-state index contributed by atoms with van der Waals surface area (Å²) in [7, 11) is 1.70. The summed E-state index contributed by atoms with van der Waals surface area (Å²) >= 11 is 0. The number of aliphatic hydroxyl groups excluding tert-OH is 1. The molecule has 3 atom stereocenters. The molecule has 1 heterocycles. The molecule has 0 spiro atoms. The van der Waals surface area contributed by atoms with E-state index in [1.54, 1.807) is 24.1 Å². The second-order valence-electron chi connectivity index (χ2n) is 6.34. The van der Waals surface area contributed by atoms with Crippen LogP contribution in [0.2, 0.25) is 0 Å². The number of hydrogen-bond donors (Lipinski definition) is 1. The first kappa shape index (κ1) is 17.4. The minimum absolute atomic E-state index is 0.0537. The molecule has 1 amide bonds. The standard InChI is InChI=1S/C18H21FN2O4/c1-21(18(23)15-9-11-24-20-15)10-8-12-2-7-16(17(12)22)25-14-5-3-13(19)4-6-14/h3-6,9,11-12,16-17,22H,2,7-8,10H2,1H3/t12-,16-,17-/m1/s1. The zero-order chi connectivity index (χ0) is 17.8. The molecule has 25 heavy (non-hydrogen) atoms. The van der Waals surface area contributed by atoms with Gasteiger partial charge in [-0.15, -0.1) is 0 Å². The molecular formula is C18H21FN2O4. The Morgan fingerprint density at radius 2 is 2.12 bits per heavy atom. The van der Waals surface area contributed by atoms with Gasteiger partial charge in [0.15, 0.2) is 5.69 Å². The first-order chi connectivity index (χ1) is 12.0. The van der Waals surface area contributed by atoms with Gasteiger partial charge in [0.25, 0.3) is 5.91 Å². The molecule has 7 heteroatoms. The lowest BCUT2D eigenvalue weighted by molar-refractivity contribution is 0.0304. The first-order valence-corrected chi connectivity index (χ1v) is 8.30. The molecule has 1 aromatic heterocycles. The van der Waals surface area contributed by atoms with Crippen LogP contribution in [0.15, 0.2) is 41.1 Å². The Bertz CT molecular complexity index is 690. The van der Waals surface area contributed by atoms with Crippen molar-refractivity contribution in [2.75, 3.05) is 13.6 Å². The number of halogens is 1. The highest BCUT2D eigenvalue weighted by atomic mass is 19.1. The summed E-state index contributed by atoms with van der Waals surface area (Å²) in [6, 6.07) is 7.30. The van der Waals surface area contributed by atoms with Gasteiger partial charge in [-0.25, -0.2) is 4.39 Å². The summed E-state index contributed by atoms with van der Waals surface area (Å²) in [5, 5.41) is 14.1. The zero-order valence-corrected chi connectivity index (χ0v) is 14.0. The third-order valence-corrected chi connectivity index (χ3v) is 4.63. The number of carbonyl (C=O) groups is 1. The number of amides is 1. The third-order valence-electron chi connectivity index (χ3n) is 4.63. The molecule has 2 aromatic rings.